The molecular weight excluding hydrogens is 434 g/mol. The Morgan fingerprint density at radius 1 is 1.24 bits per heavy atom. The molecule has 0 spiro atoms. The van der Waals surface area contributed by atoms with Crippen LogP contribution in [-0.4, -0.2) is 40.2 Å². The number of carbonyl (C=O) groups is 1. The molecule has 0 radical (unpaired) electrons. The lowest BCUT2D eigenvalue weighted by molar-refractivity contribution is 0.0610. The molecule has 5 heterocycles. The predicted octanol–water partition coefficient (Wildman–Crippen LogP) is 4.92. The first-order valence-corrected chi connectivity index (χ1v) is 12.8. The molecule has 2 saturated heterocycles. The zero-order valence-electron chi connectivity index (χ0n) is 19.1. The standard InChI is InChI=1S/C25H31N5O2S/c1-2-18-7-8-23(26-15-18)30-12-4-5-21(30)20-17-33-25(27-20)28-24(31)22-6-3-11-29(22)16-19-9-13-32-14-10-19/h3,6-8,11,15,17,19,21H,2,4-5,9-10,12-14,16H2,1H3,(H,27,28,31)/t21-/m1/s1. The molecule has 7 nitrogen and oxygen atoms in total. The SMILES string of the molecule is CCc1ccc(N2CCC[C@@H]2c2csc(NC(=O)c3cccn3CC3CCOCC3)n2)nc1. The average Bonchev–Trinajstić information content (AvgIpc) is 3.60. The molecule has 0 aliphatic carbocycles. The van der Waals surface area contributed by atoms with Crippen LogP contribution in [0.3, 0.4) is 0 Å². The van der Waals surface area contributed by atoms with Crippen LogP contribution in [0, 0.1) is 5.92 Å². The molecule has 1 amide bonds. The number of nitrogens with zero attached hydrogens (tertiary/aromatic N) is 4. The normalized spacial score (nSPS) is 19.2. The van der Waals surface area contributed by atoms with E-state index in [1.807, 2.05) is 24.5 Å². The van der Waals surface area contributed by atoms with Crippen LogP contribution in [0.5, 0.6) is 0 Å². The highest BCUT2D eigenvalue weighted by Gasteiger charge is 2.29. The van der Waals surface area contributed by atoms with Crippen LogP contribution in [0.2, 0.25) is 0 Å². The maximum Gasteiger partial charge on any atom is 0.274 e. The summed E-state index contributed by atoms with van der Waals surface area (Å²) >= 11 is 1.49. The molecule has 1 atom stereocenters. The van der Waals surface area contributed by atoms with Crippen molar-refractivity contribution in [3.8, 4) is 0 Å². The van der Waals surface area contributed by atoms with Gasteiger partial charge in [0.25, 0.3) is 5.91 Å². The van der Waals surface area contributed by atoms with Gasteiger partial charge in [0.15, 0.2) is 5.13 Å². The molecule has 8 heteroatoms. The van der Waals surface area contributed by atoms with Crippen LogP contribution in [0.4, 0.5) is 10.9 Å². The van der Waals surface area contributed by atoms with E-state index in [1.165, 1.54) is 16.9 Å². The van der Waals surface area contributed by atoms with E-state index in [1.54, 1.807) is 0 Å². The van der Waals surface area contributed by atoms with Crippen molar-refractivity contribution in [3.63, 3.8) is 0 Å². The van der Waals surface area contributed by atoms with Gasteiger partial charge in [0.2, 0.25) is 0 Å². The summed E-state index contributed by atoms with van der Waals surface area (Å²) in [5.41, 5.74) is 2.93. The van der Waals surface area contributed by atoms with Crippen molar-refractivity contribution >= 4 is 28.2 Å². The van der Waals surface area contributed by atoms with E-state index in [-0.39, 0.29) is 11.9 Å². The van der Waals surface area contributed by atoms with Crippen LogP contribution < -0.4 is 10.2 Å². The second kappa shape index (κ2) is 10.1. The van der Waals surface area contributed by atoms with Gasteiger partial charge in [-0.05, 0) is 61.8 Å². The largest absolute Gasteiger partial charge is 0.381 e. The van der Waals surface area contributed by atoms with Crippen molar-refractivity contribution < 1.29 is 9.53 Å². The third-order valence-electron chi connectivity index (χ3n) is 6.71. The fraction of sp³-hybridized carbons (Fsp3) is 0.480. The number of anilines is 2. The number of rotatable bonds is 7. The van der Waals surface area contributed by atoms with Crippen molar-refractivity contribution in [2.75, 3.05) is 30.0 Å². The van der Waals surface area contributed by atoms with E-state index < -0.39 is 0 Å². The lowest BCUT2D eigenvalue weighted by Crippen LogP contribution is -2.24. The summed E-state index contributed by atoms with van der Waals surface area (Å²) < 4.78 is 7.52. The Morgan fingerprint density at radius 3 is 2.91 bits per heavy atom. The summed E-state index contributed by atoms with van der Waals surface area (Å²) in [6.07, 6.45) is 9.19. The van der Waals surface area contributed by atoms with Gasteiger partial charge in [-0.25, -0.2) is 9.97 Å². The van der Waals surface area contributed by atoms with Crippen LogP contribution in [0.25, 0.3) is 0 Å². The van der Waals surface area contributed by atoms with E-state index >= 15 is 0 Å². The van der Waals surface area contributed by atoms with Crippen LogP contribution >= 0.6 is 11.3 Å². The highest BCUT2D eigenvalue weighted by Crippen LogP contribution is 2.36. The molecule has 2 aliphatic rings. The van der Waals surface area contributed by atoms with Crippen molar-refractivity contribution in [2.24, 2.45) is 5.92 Å². The molecule has 0 aromatic carbocycles. The lowest BCUT2D eigenvalue weighted by atomic mass is 10.0. The predicted molar refractivity (Wildman–Crippen MR) is 131 cm³/mol. The monoisotopic (exact) mass is 465 g/mol. The van der Waals surface area contributed by atoms with E-state index in [9.17, 15) is 4.79 Å². The first-order valence-electron chi connectivity index (χ1n) is 11.9. The maximum atomic E-state index is 13.0. The van der Waals surface area contributed by atoms with Crippen LogP contribution in [-0.2, 0) is 17.7 Å². The molecule has 0 unspecified atom stereocenters. The van der Waals surface area contributed by atoms with Crippen molar-refractivity contribution in [2.45, 2.75) is 51.6 Å². The molecule has 0 saturated carbocycles. The zero-order valence-corrected chi connectivity index (χ0v) is 19.9. The second-order valence-corrected chi connectivity index (χ2v) is 9.72. The third kappa shape index (κ3) is 4.96. The van der Waals surface area contributed by atoms with Gasteiger partial charge in [-0.2, -0.15) is 0 Å². The number of pyridine rings is 1. The van der Waals surface area contributed by atoms with Crippen LogP contribution in [0.15, 0.2) is 42.0 Å². The summed E-state index contributed by atoms with van der Waals surface area (Å²) in [4.78, 5) is 24.8. The highest BCUT2D eigenvalue weighted by atomic mass is 32.1. The smallest absolute Gasteiger partial charge is 0.274 e. The minimum absolute atomic E-state index is 0.104. The van der Waals surface area contributed by atoms with Gasteiger partial charge in [-0.15, -0.1) is 11.3 Å². The van der Waals surface area contributed by atoms with Gasteiger partial charge >= 0.3 is 0 Å². The minimum atomic E-state index is -0.104. The fourth-order valence-corrected chi connectivity index (χ4v) is 5.54. The molecule has 3 aromatic rings. The van der Waals surface area contributed by atoms with Gasteiger partial charge in [-0.1, -0.05) is 13.0 Å². The zero-order chi connectivity index (χ0) is 22.6. The topological polar surface area (TPSA) is 72.3 Å². The molecule has 1 N–H and O–H groups in total. The fourth-order valence-electron chi connectivity index (χ4n) is 4.79. The molecular formula is C25H31N5O2S. The first kappa shape index (κ1) is 22.1. The quantitative estimate of drug-likeness (QED) is 0.536. The van der Waals surface area contributed by atoms with E-state index in [2.05, 4.69) is 44.2 Å². The molecule has 0 bridgehead atoms. The van der Waals surface area contributed by atoms with Gasteiger partial charge in [0, 0.05) is 44.1 Å². The highest BCUT2D eigenvalue weighted by molar-refractivity contribution is 7.14. The van der Waals surface area contributed by atoms with Gasteiger partial charge in [0.1, 0.15) is 11.5 Å². The maximum absolute atomic E-state index is 13.0. The molecule has 2 aliphatic heterocycles. The van der Waals surface area contributed by atoms with Crippen molar-refractivity contribution in [3.05, 3.63) is 59.0 Å². The van der Waals surface area contributed by atoms with E-state index in [0.29, 0.717) is 16.7 Å². The Morgan fingerprint density at radius 2 is 2.12 bits per heavy atom. The minimum Gasteiger partial charge on any atom is -0.381 e. The lowest BCUT2D eigenvalue weighted by Gasteiger charge is -2.24. The second-order valence-electron chi connectivity index (χ2n) is 8.86. The number of hydrogen-bond donors (Lipinski definition) is 1. The third-order valence-corrected chi connectivity index (χ3v) is 7.48. The number of carbonyl (C=O) groups excluding carboxylic acids is 1. The van der Waals surface area contributed by atoms with Crippen molar-refractivity contribution in [1.29, 1.82) is 0 Å². The summed E-state index contributed by atoms with van der Waals surface area (Å²) in [5, 5.41) is 5.74. The average molecular weight is 466 g/mol. The number of aromatic nitrogens is 3. The van der Waals surface area contributed by atoms with Gasteiger partial charge < -0.3 is 14.2 Å². The Balaban J connectivity index is 1.25. The molecule has 5 rings (SSSR count). The molecule has 33 heavy (non-hydrogen) atoms. The van der Waals surface area contributed by atoms with E-state index in [4.69, 9.17) is 9.72 Å². The van der Waals surface area contributed by atoms with Crippen molar-refractivity contribution in [1.82, 2.24) is 14.5 Å². The Bertz CT molecular complexity index is 1070. The summed E-state index contributed by atoms with van der Waals surface area (Å²) in [6, 6.07) is 8.28. The number of aryl methyl sites for hydroxylation is 1. The number of nitrogens with one attached hydrogen (secondary N) is 1. The summed E-state index contributed by atoms with van der Waals surface area (Å²) in [5.74, 6) is 1.45. The summed E-state index contributed by atoms with van der Waals surface area (Å²) in [7, 11) is 0. The Labute approximate surface area is 198 Å². The van der Waals surface area contributed by atoms with E-state index in [0.717, 1.165) is 69.9 Å². The van der Waals surface area contributed by atoms with Crippen LogP contribution in [0.1, 0.15) is 60.4 Å². The Hall–Kier alpha value is -2.71. The number of amides is 1. The Kier molecular flexibility index (Phi) is 6.73. The first-order chi connectivity index (χ1) is 16.2. The summed E-state index contributed by atoms with van der Waals surface area (Å²) in [6.45, 7) is 5.59. The number of ether oxygens (including phenoxy) is 1. The number of thiazole rings is 1. The molecule has 2 fully saturated rings. The van der Waals surface area contributed by atoms with Gasteiger partial charge in [-0.3, -0.25) is 10.1 Å². The molecule has 3 aromatic heterocycles. The number of hydrogen-bond acceptors (Lipinski definition) is 6. The molecule has 174 valence electrons. The van der Waals surface area contributed by atoms with Gasteiger partial charge in [0.05, 0.1) is 11.7 Å².